The highest BCUT2D eigenvalue weighted by Gasteiger charge is 2.43. The summed E-state index contributed by atoms with van der Waals surface area (Å²) in [7, 11) is 0. The van der Waals surface area contributed by atoms with Gasteiger partial charge in [-0.3, -0.25) is 0 Å². The van der Waals surface area contributed by atoms with Crippen LogP contribution in [0.3, 0.4) is 0 Å². The minimum atomic E-state index is -4.96. The summed E-state index contributed by atoms with van der Waals surface area (Å²) in [6.07, 6.45) is -1.53. The number of hydrogen-bond donors (Lipinski definition) is 3. The minimum Gasteiger partial charge on any atom is -0.504 e. The van der Waals surface area contributed by atoms with Gasteiger partial charge in [0.15, 0.2) is 11.5 Å². The standard InChI is InChI=1S/C24H35F3N2O5/c1-22(2,3)34-21(31)29-12-11-28-15-17(29)14-18(23(32)9-5-4-6-10-23)16-7-8-19(30)20(13-16)33-24(25,26)27/h7-8,13,17-18,28,30,32H,4-6,9-12,14-15H2,1-3H3. The zero-order chi connectivity index (χ0) is 25.1. The van der Waals surface area contributed by atoms with Crippen LogP contribution in [-0.4, -0.2) is 64.4 Å². The molecule has 2 atom stereocenters. The van der Waals surface area contributed by atoms with Gasteiger partial charge in [0.1, 0.15) is 5.60 Å². The first-order chi connectivity index (χ1) is 15.8. The fourth-order valence-electron chi connectivity index (χ4n) is 4.94. The van der Waals surface area contributed by atoms with Crippen LogP contribution >= 0.6 is 0 Å². The summed E-state index contributed by atoms with van der Waals surface area (Å²) in [5.74, 6) is -1.91. The number of ether oxygens (including phenoxy) is 2. The van der Waals surface area contributed by atoms with E-state index in [1.165, 1.54) is 6.07 Å². The van der Waals surface area contributed by atoms with Gasteiger partial charge in [0, 0.05) is 31.6 Å². The SMILES string of the molecule is CC(C)(C)OC(=O)N1CCNCC1CC(c1ccc(O)c(OC(F)(F)F)c1)C1(O)CCCCC1. The van der Waals surface area contributed by atoms with Gasteiger partial charge < -0.3 is 29.9 Å². The maximum atomic E-state index is 12.9. The summed E-state index contributed by atoms with van der Waals surface area (Å²) in [4.78, 5) is 14.5. The van der Waals surface area contributed by atoms with Gasteiger partial charge in [-0.1, -0.05) is 25.3 Å². The second-order valence-corrected chi connectivity index (χ2v) is 10.3. The fraction of sp³-hybridized carbons (Fsp3) is 0.708. The molecule has 10 heteroatoms. The average molecular weight is 489 g/mol. The molecule has 192 valence electrons. The van der Waals surface area contributed by atoms with E-state index in [1.807, 2.05) is 0 Å². The highest BCUT2D eigenvalue weighted by molar-refractivity contribution is 5.68. The first kappa shape index (κ1) is 26.4. The quantitative estimate of drug-likeness (QED) is 0.558. The molecule has 3 rings (SSSR count). The molecular formula is C24H35F3N2O5. The third-order valence-corrected chi connectivity index (χ3v) is 6.47. The van der Waals surface area contributed by atoms with E-state index in [0.29, 0.717) is 44.5 Å². The molecule has 34 heavy (non-hydrogen) atoms. The van der Waals surface area contributed by atoms with E-state index in [0.717, 1.165) is 31.4 Å². The largest absolute Gasteiger partial charge is 0.573 e. The van der Waals surface area contributed by atoms with E-state index in [-0.39, 0.29) is 6.04 Å². The number of alkyl halides is 3. The van der Waals surface area contributed by atoms with Crippen LogP contribution in [0.15, 0.2) is 18.2 Å². The second-order valence-electron chi connectivity index (χ2n) is 10.3. The molecule has 1 saturated carbocycles. The second kappa shape index (κ2) is 10.2. The Morgan fingerprint density at radius 1 is 1.24 bits per heavy atom. The van der Waals surface area contributed by atoms with E-state index in [9.17, 15) is 28.2 Å². The number of halogens is 3. The third kappa shape index (κ3) is 6.91. The average Bonchev–Trinajstić information content (AvgIpc) is 2.72. The van der Waals surface area contributed by atoms with E-state index >= 15 is 0 Å². The van der Waals surface area contributed by atoms with Crippen LogP contribution in [0.25, 0.3) is 0 Å². The third-order valence-electron chi connectivity index (χ3n) is 6.47. The van der Waals surface area contributed by atoms with Gasteiger partial charge >= 0.3 is 12.5 Å². The molecule has 1 aliphatic carbocycles. The molecule has 1 saturated heterocycles. The number of nitrogens with one attached hydrogen (secondary N) is 1. The van der Waals surface area contributed by atoms with Gasteiger partial charge in [0.2, 0.25) is 0 Å². The first-order valence-corrected chi connectivity index (χ1v) is 11.8. The van der Waals surface area contributed by atoms with Crippen molar-refractivity contribution in [3.05, 3.63) is 23.8 Å². The first-order valence-electron chi connectivity index (χ1n) is 11.8. The number of rotatable bonds is 5. The van der Waals surface area contributed by atoms with Crippen molar-refractivity contribution in [2.75, 3.05) is 19.6 Å². The summed E-state index contributed by atoms with van der Waals surface area (Å²) in [5, 5.41) is 24.8. The van der Waals surface area contributed by atoms with E-state index in [2.05, 4.69) is 10.1 Å². The Labute approximate surface area is 198 Å². The Balaban J connectivity index is 1.94. The Bertz CT molecular complexity index is 850. The van der Waals surface area contributed by atoms with Crippen molar-refractivity contribution in [1.82, 2.24) is 10.2 Å². The number of phenolic OH excluding ortho intramolecular Hbond substituents is 1. The molecule has 1 aromatic rings. The number of amides is 1. The minimum absolute atomic E-state index is 0.318. The Hall–Kier alpha value is -2.20. The zero-order valence-electron chi connectivity index (χ0n) is 20.0. The molecule has 1 amide bonds. The molecule has 1 aromatic carbocycles. The number of carbonyl (C=O) groups is 1. The molecule has 7 nitrogen and oxygen atoms in total. The topological polar surface area (TPSA) is 91.3 Å². The smallest absolute Gasteiger partial charge is 0.504 e. The van der Waals surface area contributed by atoms with Gasteiger partial charge in [-0.25, -0.2) is 4.79 Å². The van der Waals surface area contributed by atoms with Gasteiger partial charge in [-0.15, -0.1) is 13.2 Å². The fourth-order valence-corrected chi connectivity index (χ4v) is 4.94. The van der Waals surface area contributed by atoms with Crippen molar-refractivity contribution >= 4 is 6.09 Å². The predicted molar refractivity (Wildman–Crippen MR) is 120 cm³/mol. The van der Waals surface area contributed by atoms with Gasteiger partial charge in [0.05, 0.1) is 5.60 Å². The molecule has 0 radical (unpaired) electrons. The number of benzene rings is 1. The molecule has 3 N–H and O–H groups in total. The summed E-state index contributed by atoms with van der Waals surface area (Å²) in [6, 6.07) is 3.48. The number of aliphatic hydroxyl groups is 1. The molecule has 2 fully saturated rings. The molecule has 0 spiro atoms. The van der Waals surface area contributed by atoms with Crippen molar-refractivity contribution < 1.29 is 37.7 Å². The lowest BCUT2D eigenvalue weighted by atomic mass is 9.70. The van der Waals surface area contributed by atoms with Gasteiger partial charge in [0.25, 0.3) is 0 Å². The molecular weight excluding hydrogens is 453 g/mol. The summed E-state index contributed by atoms with van der Waals surface area (Å²) in [6.45, 7) is 6.84. The van der Waals surface area contributed by atoms with Crippen molar-refractivity contribution in [3.8, 4) is 11.5 Å². The summed E-state index contributed by atoms with van der Waals surface area (Å²) >= 11 is 0. The van der Waals surface area contributed by atoms with Crippen LogP contribution in [-0.2, 0) is 4.74 Å². The molecule has 2 unspecified atom stereocenters. The number of nitrogens with zero attached hydrogens (tertiary/aromatic N) is 1. The van der Waals surface area contributed by atoms with Crippen molar-refractivity contribution in [3.63, 3.8) is 0 Å². The van der Waals surface area contributed by atoms with E-state index in [4.69, 9.17) is 4.74 Å². The summed E-state index contributed by atoms with van der Waals surface area (Å²) in [5.41, 5.74) is -1.40. The van der Waals surface area contributed by atoms with E-state index < -0.39 is 41.1 Å². The number of phenols is 1. The number of piperazine rings is 1. The zero-order valence-corrected chi connectivity index (χ0v) is 20.0. The van der Waals surface area contributed by atoms with Crippen LogP contribution in [0.5, 0.6) is 11.5 Å². The molecule has 1 aliphatic heterocycles. The van der Waals surface area contributed by atoms with Crippen LogP contribution in [0.2, 0.25) is 0 Å². The van der Waals surface area contributed by atoms with Crippen LogP contribution in [0, 0.1) is 0 Å². The van der Waals surface area contributed by atoms with Crippen LogP contribution in [0.1, 0.15) is 70.8 Å². The van der Waals surface area contributed by atoms with E-state index in [1.54, 1.807) is 25.7 Å². The molecule has 0 aromatic heterocycles. The summed E-state index contributed by atoms with van der Waals surface area (Å²) < 4.78 is 48.2. The lowest BCUT2D eigenvalue weighted by Gasteiger charge is -2.44. The van der Waals surface area contributed by atoms with Crippen molar-refractivity contribution in [2.45, 2.75) is 88.8 Å². The van der Waals surface area contributed by atoms with Gasteiger partial charge in [-0.05, 0) is 57.7 Å². The van der Waals surface area contributed by atoms with Crippen LogP contribution in [0.4, 0.5) is 18.0 Å². The molecule has 2 aliphatic rings. The maximum absolute atomic E-state index is 12.9. The predicted octanol–water partition coefficient (Wildman–Crippen LogP) is 4.67. The lowest BCUT2D eigenvalue weighted by molar-refractivity contribution is -0.275. The Kier molecular flexibility index (Phi) is 7.92. The molecule has 1 heterocycles. The number of aromatic hydroxyl groups is 1. The monoisotopic (exact) mass is 488 g/mol. The Morgan fingerprint density at radius 2 is 1.91 bits per heavy atom. The normalized spacial score (nSPS) is 22.2. The molecule has 0 bridgehead atoms. The Morgan fingerprint density at radius 3 is 2.53 bits per heavy atom. The number of carbonyl (C=O) groups excluding carboxylic acids is 1. The number of hydrogen-bond acceptors (Lipinski definition) is 6. The highest BCUT2D eigenvalue weighted by Crippen LogP contribution is 2.45. The highest BCUT2D eigenvalue weighted by atomic mass is 19.4. The van der Waals surface area contributed by atoms with Gasteiger partial charge in [-0.2, -0.15) is 0 Å². The van der Waals surface area contributed by atoms with Crippen molar-refractivity contribution in [2.24, 2.45) is 0 Å². The lowest BCUT2D eigenvalue weighted by Crippen LogP contribution is -2.56. The van der Waals surface area contributed by atoms with Crippen molar-refractivity contribution in [1.29, 1.82) is 0 Å². The van der Waals surface area contributed by atoms with Crippen LogP contribution < -0.4 is 10.1 Å². The maximum Gasteiger partial charge on any atom is 0.573 e.